The van der Waals surface area contributed by atoms with Crippen molar-refractivity contribution >= 4 is 6.09 Å². The number of hydrogen-bond acceptors (Lipinski definition) is 3. The molecule has 2 aliphatic rings. The van der Waals surface area contributed by atoms with Crippen LogP contribution in [0.2, 0.25) is 0 Å². The van der Waals surface area contributed by atoms with E-state index in [1.54, 1.807) is 0 Å². The highest BCUT2D eigenvalue weighted by molar-refractivity contribution is 5.71. The molecule has 2 heterocycles. The number of nitrogens with zero attached hydrogens (tertiary/aromatic N) is 1. The molecule has 16 heavy (non-hydrogen) atoms. The first kappa shape index (κ1) is 11.7. The van der Waals surface area contributed by atoms with Crippen molar-refractivity contribution in [1.82, 2.24) is 10.2 Å². The van der Waals surface area contributed by atoms with Gasteiger partial charge in [-0.25, -0.2) is 4.79 Å². The van der Waals surface area contributed by atoms with E-state index in [1.165, 1.54) is 0 Å². The average Bonchev–Trinajstić information content (AvgIpc) is 2.61. The van der Waals surface area contributed by atoms with Crippen molar-refractivity contribution in [3.8, 4) is 0 Å². The van der Waals surface area contributed by atoms with Crippen LogP contribution in [0.25, 0.3) is 0 Å². The number of hydrogen-bond donors (Lipinski definition) is 1. The summed E-state index contributed by atoms with van der Waals surface area (Å²) in [6.07, 6.45) is 2.15. The van der Waals surface area contributed by atoms with Gasteiger partial charge in [0, 0.05) is 5.54 Å². The first-order valence-corrected chi connectivity index (χ1v) is 6.17. The van der Waals surface area contributed by atoms with Crippen LogP contribution in [-0.4, -0.2) is 42.3 Å². The molecule has 1 amide bonds. The minimum absolute atomic E-state index is 0.136. The second kappa shape index (κ2) is 4.24. The number of cyclic esters (lactones) is 1. The van der Waals surface area contributed by atoms with E-state index < -0.39 is 0 Å². The molecule has 0 bridgehead atoms. The quantitative estimate of drug-likeness (QED) is 0.738. The Balaban J connectivity index is 2.10. The van der Waals surface area contributed by atoms with Crippen molar-refractivity contribution in [2.75, 3.05) is 19.7 Å². The van der Waals surface area contributed by atoms with Gasteiger partial charge in [-0.3, -0.25) is 4.90 Å². The maximum Gasteiger partial charge on any atom is 0.410 e. The second-order valence-electron chi connectivity index (χ2n) is 5.77. The normalized spacial score (nSPS) is 28.3. The minimum atomic E-state index is -0.143. The molecule has 0 aliphatic carbocycles. The van der Waals surface area contributed by atoms with Gasteiger partial charge in [-0.2, -0.15) is 0 Å². The van der Waals surface area contributed by atoms with Crippen molar-refractivity contribution in [1.29, 1.82) is 0 Å². The van der Waals surface area contributed by atoms with Crippen LogP contribution in [0.5, 0.6) is 0 Å². The monoisotopic (exact) mass is 226 g/mol. The molecule has 0 radical (unpaired) electrons. The molecule has 2 aliphatic heterocycles. The average molecular weight is 226 g/mol. The zero-order chi connectivity index (χ0) is 11.8. The van der Waals surface area contributed by atoms with Crippen LogP contribution in [0.3, 0.4) is 0 Å². The Kier molecular flexibility index (Phi) is 3.10. The van der Waals surface area contributed by atoms with E-state index in [9.17, 15) is 4.79 Å². The van der Waals surface area contributed by atoms with Gasteiger partial charge in [0.15, 0.2) is 0 Å². The van der Waals surface area contributed by atoms with E-state index in [4.69, 9.17) is 4.74 Å². The summed E-state index contributed by atoms with van der Waals surface area (Å²) in [5.74, 6) is 0.590. The van der Waals surface area contributed by atoms with Crippen molar-refractivity contribution in [3.63, 3.8) is 0 Å². The van der Waals surface area contributed by atoms with Gasteiger partial charge in [0.2, 0.25) is 0 Å². The molecule has 0 aromatic rings. The summed E-state index contributed by atoms with van der Waals surface area (Å²) in [7, 11) is 0. The molecule has 4 heteroatoms. The second-order valence-corrected chi connectivity index (χ2v) is 5.77. The number of amides is 1. The highest BCUT2D eigenvalue weighted by Gasteiger charge is 2.43. The van der Waals surface area contributed by atoms with Gasteiger partial charge in [0.05, 0.1) is 6.04 Å². The molecular formula is C12H22N2O2. The Labute approximate surface area is 97.3 Å². The van der Waals surface area contributed by atoms with Gasteiger partial charge in [-0.15, -0.1) is 0 Å². The van der Waals surface area contributed by atoms with E-state index in [0.29, 0.717) is 12.5 Å². The first-order valence-electron chi connectivity index (χ1n) is 6.17. The summed E-state index contributed by atoms with van der Waals surface area (Å²) < 4.78 is 5.22. The third-order valence-corrected chi connectivity index (χ3v) is 3.56. The fourth-order valence-corrected chi connectivity index (χ4v) is 2.78. The molecule has 4 nitrogen and oxygen atoms in total. The zero-order valence-corrected chi connectivity index (χ0v) is 10.5. The maximum atomic E-state index is 11.8. The third kappa shape index (κ3) is 2.17. The Morgan fingerprint density at radius 1 is 1.31 bits per heavy atom. The summed E-state index contributed by atoms with van der Waals surface area (Å²) in [6, 6.07) is 0.273. The number of nitrogens with one attached hydrogen (secondary N) is 1. The van der Waals surface area contributed by atoms with E-state index in [-0.39, 0.29) is 17.7 Å². The predicted octanol–water partition coefficient (Wildman–Crippen LogP) is 1.61. The fraction of sp³-hybridized carbons (Fsp3) is 0.917. The largest absolute Gasteiger partial charge is 0.447 e. The molecule has 1 unspecified atom stereocenters. The summed E-state index contributed by atoms with van der Waals surface area (Å²) in [5, 5.41) is 3.36. The summed E-state index contributed by atoms with van der Waals surface area (Å²) in [4.78, 5) is 13.7. The molecule has 0 spiro atoms. The van der Waals surface area contributed by atoms with Gasteiger partial charge in [-0.1, -0.05) is 0 Å². The van der Waals surface area contributed by atoms with Crippen molar-refractivity contribution < 1.29 is 9.53 Å². The molecule has 2 fully saturated rings. The number of piperidine rings is 1. The SMILES string of the molecule is CC(C)(C)N1C(=O)OCC1C1CCNCC1. The lowest BCUT2D eigenvalue weighted by atomic mass is 9.88. The Morgan fingerprint density at radius 2 is 1.94 bits per heavy atom. The van der Waals surface area contributed by atoms with Crippen LogP contribution in [0, 0.1) is 5.92 Å². The van der Waals surface area contributed by atoms with Crippen LogP contribution in [0.15, 0.2) is 0 Å². The van der Waals surface area contributed by atoms with E-state index in [2.05, 4.69) is 26.1 Å². The molecule has 2 rings (SSSR count). The highest BCUT2D eigenvalue weighted by Crippen LogP contribution is 2.31. The maximum absolute atomic E-state index is 11.8. The number of carbonyl (C=O) groups excluding carboxylic acids is 1. The smallest absolute Gasteiger partial charge is 0.410 e. The zero-order valence-electron chi connectivity index (χ0n) is 10.5. The molecule has 1 N–H and O–H groups in total. The fourth-order valence-electron chi connectivity index (χ4n) is 2.78. The molecule has 1 atom stereocenters. The van der Waals surface area contributed by atoms with E-state index in [0.717, 1.165) is 25.9 Å². The van der Waals surface area contributed by atoms with Crippen molar-refractivity contribution in [2.24, 2.45) is 5.92 Å². The van der Waals surface area contributed by atoms with Crippen molar-refractivity contribution in [2.45, 2.75) is 45.2 Å². The highest BCUT2D eigenvalue weighted by atomic mass is 16.6. The summed E-state index contributed by atoms with van der Waals surface area (Å²) >= 11 is 0. The Morgan fingerprint density at radius 3 is 2.50 bits per heavy atom. The lowest BCUT2D eigenvalue weighted by Gasteiger charge is -2.39. The van der Waals surface area contributed by atoms with Crippen LogP contribution >= 0.6 is 0 Å². The molecule has 2 saturated heterocycles. The van der Waals surface area contributed by atoms with Crippen LogP contribution in [0.1, 0.15) is 33.6 Å². The van der Waals surface area contributed by atoms with E-state index >= 15 is 0 Å². The molecule has 0 aromatic carbocycles. The Hall–Kier alpha value is -0.770. The predicted molar refractivity (Wildman–Crippen MR) is 62.3 cm³/mol. The van der Waals surface area contributed by atoms with E-state index in [1.807, 2.05) is 4.90 Å². The van der Waals surface area contributed by atoms with Gasteiger partial charge >= 0.3 is 6.09 Å². The lowest BCUT2D eigenvalue weighted by molar-refractivity contribution is 0.0996. The molecule has 0 aromatic heterocycles. The van der Waals surface area contributed by atoms with Crippen LogP contribution in [0.4, 0.5) is 4.79 Å². The van der Waals surface area contributed by atoms with Crippen molar-refractivity contribution in [3.05, 3.63) is 0 Å². The number of rotatable bonds is 1. The van der Waals surface area contributed by atoms with Gasteiger partial charge in [0.1, 0.15) is 6.61 Å². The number of carbonyl (C=O) groups is 1. The molecule has 0 saturated carbocycles. The Bertz CT molecular complexity index is 267. The third-order valence-electron chi connectivity index (χ3n) is 3.56. The first-order chi connectivity index (χ1) is 7.50. The summed E-state index contributed by atoms with van der Waals surface area (Å²) in [5.41, 5.74) is -0.136. The standard InChI is InChI=1S/C12H22N2O2/c1-12(2,3)14-10(8-16-11(14)15)9-4-6-13-7-5-9/h9-10,13H,4-8H2,1-3H3. The number of ether oxygens (including phenoxy) is 1. The topological polar surface area (TPSA) is 41.6 Å². The van der Waals surface area contributed by atoms with Crippen LogP contribution in [-0.2, 0) is 4.74 Å². The van der Waals surface area contributed by atoms with Crippen LogP contribution < -0.4 is 5.32 Å². The molecule has 92 valence electrons. The van der Waals surface area contributed by atoms with Gasteiger partial charge < -0.3 is 10.1 Å². The summed E-state index contributed by atoms with van der Waals surface area (Å²) in [6.45, 7) is 8.93. The molecular weight excluding hydrogens is 204 g/mol. The van der Waals surface area contributed by atoms with Gasteiger partial charge in [0.25, 0.3) is 0 Å². The minimum Gasteiger partial charge on any atom is -0.447 e. The lowest BCUT2D eigenvalue weighted by Crippen LogP contribution is -2.51. The van der Waals surface area contributed by atoms with Gasteiger partial charge in [-0.05, 0) is 52.6 Å².